The van der Waals surface area contributed by atoms with Gasteiger partial charge < -0.3 is 10.5 Å². The van der Waals surface area contributed by atoms with Gasteiger partial charge in [0.05, 0.1) is 11.9 Å². The molecule has 0 saturated heterocycles. The Morgan fingerprint density at radius 3 is 2.58 bits per heavy atom. The molecule has 1 aromatic carbocycles. The molecule has 1 aromatic heterocycles. The van der Waals surface area contributed by atoms with Crippen molar-refractivity contribution in [2.24, 2.45) is 10.7 Å². The van der Waals surface area contributed by atoms with Gasteiger partial charge in [0.2, 0.25) is 0 Å². The van der Waals surface area contributed by atoms with Gasteiger partial charge in [-0.25, -0.2) is 17.8 Å². The van der Waals surface area contributed by atoms with Crippen LogP contribution in [-0.4, -0.2) is 42.1 Å². The van der Waals surface area contributed by atoms with E-state index < -0.39 is 31.7 Å². The fourth-order valence-corrected chi connectivity index (χ4v) is 5.16. The Bertz CT molecular complexity index is 1280. The molecule has 1 aliphatic rings. The van der Waals surface area contributed by atoms with Crippen LogP contribution < -0.4 is 10.5 Å². The third-order valence-electron chi connectivity index (χ3n) is 5.72. The monoisotopic (exact) mass is 471 g/mol. The van der Waals surface area contributed by atoms with Crippen molar-refractivity contribution in [1.82, 2.24) is 4.98 Å². The number of sulfone groups is 1. The second-order valence-corrected chi connectivity index (χ2v) is 11.1. The standard InChI is InChI=1S/C24H26FN3O4S/c1-5-6-11-32-17-8-10-20(27-14-17)21(29)13-16-7-9-19(25)18(12-16)24(4)15-33(30,31)23(2,3)22(26)28-24/h7-10,12,14H,11,13,15H2,1-4H3,(H2,26,28)/t24-/m0/s1. The van der Waals surface area contributed by atoms with Crippen molar-refractivity contribution in [3.8, 4) is 17.6 Å². The van der Waals surface area contributed by atoms with Crippen LogP contribution in [0.1, 0.15) is 49.3 Å². The van der Waals surface area contributed by atoms with Crippen LogP contribution in [0.4, 0.5) is 4.39 Å². The average molecular weight is 472 g/mol. The van der Waals surface area contributed by atoms with E-state index in [1.165, 1.54) is 45.2 Å². The lowest BCUT2D eigenvalue weighted by Gasteiger charge is -2.38. The van der Waals surface area contributed by atoms with Gasteiger partial charge in [0.25, 0.3) is 0 Å². The molecule has 0 amide bonds. The highest BCUT2D eigenvalue weighted by Crippen LogP contribution is 2.38. The van der Waals surface area contributed by atoms with Crippen LogP contribution in [-0.2, 0) is 21.8 Å². The van der Waals surface area contributed by atoms with E-state index in [-0.39, 0.29) is 35.9 Å². The van der Waals surface area contributed by atoms with Crippen molar-refractivity contribution in [2.75, 3.05) is 12.4 Å². The molecule has 0 unspecified atom stereocenters. The minimum absolute atomic E-state index is 0.0463. The molecule has 2 aromatic rings. The summed E-state index contributed by atoms with van der Waals surface area (Å²) in [5.74, 6) is 4.61. The van der Waals surface area contributed by atoms with E-state index in [9.17, 15) is 17.6 Å². The molecular formula is C24H26FN3O4S. The number of aliphatic imine (C=N–C) groups is 1. The second kappa shape index (κ2) is 8.94. The summed E-state index contributed by atoms with van der Waals surface area (Å²) in [6.45, 7) is 6.42. The second-order valence-electron chi connectivity index (χ2n) is 8.55. The summed E-state index contributed by atoms with van der Waals surface area (Å²) in [5.41, 5.74) is 5.37. The van der Waals surface area contributed by atoms with E-state index >= 15 is 0 Å². The van der Waals surface area contributed by atoms with Gasteiger partial charge in [-0.3, -0.25) is 9.79 Å². The first-order valence-electron chi connectivity index (χ1n) is 10.3. The Hall–Kier alpha value is -3.25. The highest BCUT2D eigenvalue weighted by Gasteiger charge is 2.49. The molecule has 0 saturated carbocycles. The average Bonchev–Trinajstić information content (AvgIpc) is 2.74. The lowest BCUT2D eigenvalue weighted by Crippen LogP contribution is -2.55. The Morgan fingerprint density at radius 2 is 1.97 bits per heavy atom. The molecule has 33 heavy (non-hydrogen) atoms. The Morgan fingerprint density at radius 1 is 1.24 bits per heavy atom. The number of pyridine rings is 1. The number of carbonyl (C=O) groups excluding carboxylic acids is 1. The number of benzene rings is 1. The minimum Gasteiger partial charge on any atom is -0.479 e. The number of hydrogen-bond acceptors (Lipinski definition) is 7. The van der Waals surface area contributed by atoms with Gasteiger partial charge in [-0.15, -0.1) is 5.92 Å². The SMILES string of the molecule is CC#CCOc1ccc(C(=O)Cc2ccc(F)c([C@]3(C)CS(=O)(=O)C(C)(C)C(N)=N3)c2)nc1. The van der Waals surface area contributed by atoms with E-state index in [4.69, 9.17) is 10.5 Å². The largest absolute Gasteiger partial charge is 0.479 e. The summed E-state index contributed by atoms with van der Waals surface area (Å²) >= 11 is 0. The lowest BCUT2D eigenvalue weighted by atomic mass is 9.90. The number of aromatic nitrogens is 1. The number of nitrogens with two attached hydrogens (primary N) is 1. The third-order valence-corrected chi connectivity index (χ3v) is 8.42. The van der Waals surface area contributed by atoms with Crippen LogP contribution in [0.3, 0.4) is 0 Å². The highest BCUT2D eigenvalue weighted by atomic mass is 32.2. The number of Topliss-reactive ketones (excluding diaryl/α,β-unsaturated/α-hetero) is 1. The summed E-state index contributed by atoms with van der Waals surface area (Å²) in [6.07, 6.45) is 1.39. The Balaban J connectivity index is 1.85. The van der Waals surface area contributed by atoms with Gasteiger partial charge in [0.1, 0.15) is 40.0 Å². The molecule has 7 nitrogen and oxygen atoms in total. The molecule has 174 valence electrons. The smallest absolute Gasteiger partial charge is 0.185 e. The molecule has 9 heteroatoms. The number of nitrogens with zero attached hydrogens (tertiary/aromatic N) is 2. The maximum atomic E-state index is 14.8. The molecule has 2 N–H and O–H groups in total. The number of ketones is 1. The normalized spacial score (nSPS) is 20.8. The topological polar surface area (TPSA) is 112 Å². The van der Waals surface area contributed by atoms with Crippen molar-refractivity contribution in [1.29, 1.82) is 0 Å². The Labute approximate surface area is 193 Å². The Kier molecular flexibility index (Phi) is 6.61. The van der Waals surface area contributed by atoms with E-state index in [1.54, 1.807) is 19.1 Å². The predicted octanol–water partition coefficient (Wildman–Crippen LogP) is 2.83. The van der Waals surface area contributed by atoms with Crippen molar-refractivity contribution in [3.05, 3.63) is 59.2 Å². The van der Waals surface area contributed by atoms with Crippen molar-refractivity contribution in [3.63, 3.8) is 0 Å². The zero-order valence-electron chi connectivity index (χ0n) is 19.0. The molecule has 1 atom stereocenters. The fourth-order valence-electron chi connectivity index (χ4n) is 3.47. The number of rotatable bonds is 6. The van der Waals surface area contributed by atoms with E-state index in [0.717, 1.165) is 0 Å². The zero-order valence-corrected chi connectivity index (χ0v) is 19.8. The van der Waals surface area contributed by atoms with Gasteiger partial charge in [-0.05, 0) is 57.5 Å². The first kappa shape index (κ1) is 24.4. The molecule has 0 aliphatic carbocycles. The number of amidine groups is 1. The quantitative estimate of drug-likeness (QED) is 0.512. The van der Waals surface area contributed by atoms with Crippen LogP contribution in [0.25, 0.3) is 0 Å². The number of halogens is 1. The summed E-state index contributed by atoms with van der Waals surface area (Å²) in [7, 11) is -3.69. The maximum absolute atomic E-state index is 14.8. The van der Waals surface area contributed by atoms with Crippen LogP contribution in [0.2, 0.25) is 0 Å². The number of carbonyl (C=O) groups is 1. The first-order valence-corrected chi connectivity index (χ1v) is 11.9. The van der Waals surface area contributed by atoms with Crippen molar-refractivity contribution >= 4 is 21.5 Å². The molecule has 0 radical (unpaired) electrons. The summed E-state index contributed by atoms with van der Waals surface area (Å²) in [6, 6.07) is 7.33. The molecule has 0 fully saturated rings. The molecule has 2 heterocycles. The van der Waals surface area contributed by atoms with Gasteiger partial charge in [0, 0.05) is 12.0 Å². The molecule has 1 aliphatic heterocycles. The molecular weight excluding hydrogens is 445 g/mol. The number of hydrogen-bond donors (Lipinski definition) is 1. The maximum Gasteiger partial charge on any atom is 0.185 e. The first-order chi connectivity index (χ1) is 15.4. The van der Waals surface area contributed by atoms with Gasteiger partial charge in [0.15, 0.2) is 15.6 Å². The van der Waals surface area contributed by atoms with Crippen LogP contribution in [0.15, 0.2) is 41.5 Å². The van der Waals surface area contributed by atoms with Crippen LogP contribution in [0.5, 0.6) is 5.75 Å². The van der Waals surface area contributed by atoms with Crippen molar-refractivity contribution in [2.45, 2.75) is 44.4 Å². The zero-order chi connectivity index (χ0) is 24.4. The summed E-state index contributed by atoms with van der Waals surface area (Å²) < 4.78 is 44.4. The van der Waals surface area contributed by atoms with Crippen LogP contribution >= 0.6 is 0 Å². The van der Waals surface area contributed by atoms with Crippen LogP contribution in [0, 0.1) is 17.7 Å². The molecule has 0 bridgehead atoms. The van der Waals surface area contributed by atoms with Gasteiger partial charge in [-0.1, -0.05) is 12.0 Å². The third kappa shape index (κ3) is 4.91. The molecule has 3 rings (SSSR count). The van der Waals surface area contributed by atoms with E-state index in [0.29, 0.717) is 11.3 Å². The summed E-state index contributed by atoms with van der Waals surface area (Å²) in [5, 5.41) is 0. The van der Waals surface area contributed by atoms with E-state index in [1.807, 2.05) is 0 Å². The molecule has 0 spiro atoms. The van der Waals surface area contributed by atoms with Gasteiger partial charge in [-0.2, -0.15) is 0 Å². The van der Waals surface area contributed by atoms with Crippen molar-refractivity contribution < 1.29 is 22.3 Å². The van der Waals surface area contributed by atoms with Gasteiger partial charge >= 0.3 is 0 Å². The highest BCUT2D eigenvalue weighted by molar-refractivity contribution is 7.93. The summed E-state index contributed by atoms with van der Waals surface area (Å²) in [4.78, 5) is 21.2. The minimum atomic E-state index is -3.69. The predicted molar refractivity (Wildman–Crippen MR) is 124 cm³/mol. The lowest BCUT2D eigenvalue weighted by molar-refractivity contribution is 0.0988. The fraction of sp³-hybridized carbons (Fsp3) is 0.375. The number of ether oxygens (including phenoxy) is 1. The van der Waals surface area contributed by atoms with E-state index in [2.05, 4.69) is 21.8 Å².